The number of piperidine rings is 1. The molecule has 3 aromatic rings. The number of amides is 1. The van der Waals surface area contributed by atoms with Crippen molar-refractivity contribution in [1.82, 2.24) is 9.78 Å². The van der Waals surface area contributed by atoms with Crippen LogP contribution < -0.4 is 9.64 Å². The van der Waals surface area contributed by atoms with Gasteiger partial charge < -0.3 is 14.7 Å². The van der Waals surface area contributed by atoms with Crippen LogP contribution in [0.15, 0.2) is 48.5 Å². The van der Waals surface area contributed by atoms with E-state index in [0.29, 0.717) is 12.1 Å². The van der Waals surface area contributed by atoms with Crippen molar-refractivity contribution in [3.63, 3.8) is 0 Å². The van der Waals surface area contributed by atoms with Gasteiger partial charge in [-0.3, -0.25) is 9.48 Å². The largest absolute Gasteiger partial charge is 0.484 e. The number of carboxylic acids is 1. The number of aromatic carboxylic acids is 1. The van der Waals surface area contributed by atoms with Crippen molar-refractivity contribution in [3.05, 3.63) is 65.4 Å². The minimum atomic E-state index is -1.10. The second-order valence-electron chi connectivity index (χ2n) is 7.78. The number of aryl methyl sites for hydroxylation is 2. The van der Waals surface area contributed by atoms with Gasteiger partial charge in [0.2, 0.25) is 5.91 Å². The average molecular weight is 419 g/mol. The third-order valence-electron chi connectivity index (χ3n) is 5.49. The first-order chi connectivity index (χ1) is 14.9. The van der Waals surface area contributed by atoms with Crippen molar-refractivity contribution in [2.45, 2.75) is 32.8 Å². The van der Waals surface area contributed by atoms with Crippen molar-refractivity contribution in [2.24, 2.45) is 7.05 Å². The normalized spacial score (nSPS) is 14.0. The number of aromatic nitrogens is 2. The predicted octanol–water partition coefficient (Wildman–Crippen LogP) is 4.19. The van der Waals surface area contributed by atoms with Crippen LogP contribution in [0.2, 0.25) is 0 Å². The fourth-order valence-corrected chi connectivity index (χ4v) is 3.78. The van der Waals surface area contributed by atoms with E-state index in [0.717, 1.165) is 41.8 Å². The van der Waals surface area contributed by atoms with Crippen LogP contribution in [0.4, 0.5) is 5.69 Å². The van der Waals surface area contributed by atoms with Crippen LogP contribution in [0.25, 0.3) is 11.3 Å². The molecule has 7 heteroatoms. The van der Waals surface area contributed by atoms with E-state index < -0.39 is 5.97 Å². The summed E-state index contributed by atoms with van der Waals surface area (Å²) in [5.41, 5.74) is 4.11. The van der Waals surface area contributed by atoms with Crippen LogP contribution in [0.5, 0.6) is 5.75 Å². The number of carbonyl (C=O) groups excluding carboxylic acids is 1. The zero-order valence-electron chi connectivity index (χ0n) is 17.7. The minimum absolute atomic E-state index is 0.00241. The van der Waals surface area contributed by atoms with Gasteiger partial charge in [-0.05, 0) is 37.5 Å². The maximum Gasteiger partial charge on any atom is 0.358 e. The second-order valence-corrected chi connectivity index (χ2v) is 7.78. The fourth-order valence-electron chi connectivity index (χ4n) is 3.78. The molecule has 0 spiro atoms. The SMILES string of the molecule is Cc1ccc(COc2c(-c3ccc(N4CCCCC4=O)cc3)nn(C)c2C(=O)O)cc1. The summed E-state index contributed by atoms with van der Waals surface area (Å²) in [7, 11) is 1.59. The van der Waals surface area contributed by atoms with Crippen LogP contribution >= 0.6 is 0 Å². The average Bonchev–Trinajstić information content (AvgIpc) is 3.10. The Bertz CT molecular complexity index is 1100. The summed E-state index contributed by atoms with van der Waals surface area (Å²) in [4.78, 5) is 25.8. The molecule has 0 saturated carbocycles. The van der Waals surface area contributed by atoms with Crippen LogP contribution in [0, 0.1) is 6.92 Å². The first kappa shape index (κ1) is 20.7. The first-order valence-electron chi connectivity index (χ1n) is 10.3. The molecule has 1 amide bonds. The molecule has 0 atom stereocenters. The number of anilines is 1. The molecular formula is C24H25N3O4. The number of carbonyl (C=O) groups is 2. The molecule has 0 bridgehead atoms. The molecule has 1 aromatic heterocycles. The first-order valence-corrected chi connectivity index (χ1v) is 10.3. The summed E-state index contributed by atoms with van der Waals surface area (Å²) in [6.45, 7) is 2.96. The third-order valence-corrected chi connectivity index (χ3v) is 5.49. The molecule has 2 heterocycles. The van der Waals surface area contributed by atoms with Gasteiger partial charge in [-0.25, -0.2) is 4.79 Å². The summed E-state index contributed by atoms with van der Waals surface area (Å²) in [6.07, 6.45) is 2.49. The van der Waals surface area contributed by atoms with E-state index in [-0.39, 0.29) is 24.0 Å². The lowest BCUT2D eigenvalue weighted by molar-refractivity contribution is -0.119. The van der Waals surface area contributed by atoms with E-state index in [2.05, 4.69) is 5.10 Å². The molecule has 0 radical (unpaired) electrons. The molecule has 1 aliphatic heterocycles. The zero-order valence-corrected chi connectivity index (χ0v) is 17.7. The Hall–Kier alpha value is -3.61. The molecule has 0 aliphatic carbocycles. The van der Waals surface area contributed by atoms with Gasteiger partial charge >= 0.3 is 5.97 Å². The van der Waals surface area contributed by atoms with Crippen molar-refractivity contribution < 1.29 is 19.4 Å². The number of hydrogen-bond acceptors (Lipinski definition) is 4. The second kappa shape index (κ2) is 8.63. The van der Waals surface area contributed by atoms with Crippen LogP contribution in [0.1, 0.15) is 40.9 Å². The van der Waals surface area contributed by atoms with Crippen LogP contribution in [0.3, 0.4) is 0 Å². The number of benzene rings is 2. The summed E-state index contributed by atoms with van der Waals surface area (Å²) >= 11 is 0. The maximum absolute atomic E-state index is 12.2. The highest BCUT2D eigenvalue weighted by Crippen LogP contribution is 2.34. The van der Waals surface area contributed by atoms with Crippen molar-refractivity contribution in [2.75, 3.05) is 11.4 Å². The molecule has 1 N–H and O–H groups in total. The van der Waals surface area contributed by atoms with Gasteiger partial charge in [0.15, 0.2) is 11.4 Å². The van der Waals surface area contributed by atoms with Crippen LogP contribution in [-0.4, -0.2) is 33.3 Å². The number of hydrogen-bond donors (Lipinski definition) is 1. The van der Waals surface area contributed by atoms with Crippen molar-refractivity contribution >= 4 is 17.6 Å². The molecule has 0 unspecified atom stereocenters. The van der Waals surface area contributed by atoms with Gasteiger partial charge in [0.1, 0.15) is 12.3 Å². The highest BCUT2D eigenvalue weighted by atomic mass is 16.5. The van der Waals surface area contributed by atoms with Crippen LogP contribution in [-0.2, 0) is 18.4 Å². The lowest BCUT2D eigenvalue weighted by Crippen LogP contribution is -2.35. The zero-order chi connectivity index (χ0) is 22.0. The van der Waals surface area contributed by atoms with E-state index in [1.54, 1.807) is 11.9 Å². The van der Waals surface area contributed by atoms with Gasteiger partial charge in [-0.1, -0.05) is 42.0 Å². The molecule has 1 saturated heterocycles. The van der Waals surface area contributed by atoms with E-state index in [1.807, 2.05) is 55.5 Å². The monoisotopic (exact) mass is 419 g/mol. The van der Waals surface area contributed by atoms with E-state index in [4.69, 9.17) is 4.74 Å². The number of rotatable bonds is 6. The molecule has 160 valence electrons. The molecule has 2 aromatic carbocycles. The highest BCUT2D eigenvalue weighted by molar-refractivity contribution is 5.95. The summed E-state index contributed by atoms with van der Waals surface area (Å²) < 4.78 is 7.29. The number of nitrogens with zero attached hydrogens (tertiary/aromatic N) is 3. The lowest BCUT2D eigenvalue weighted by Gasteiger charge is -2.26. The smallest absolute Gasteiger partial charge is 0.358 e. The maximum atomic E-state index is 12.2. The Kier molecular flexibility index (Phi) is 5.75. The Morgan fingerprint density at radius 1 is 1.10 bits per heavy atom. The Morgan fingerprint density at radius 3 is 2.45 bits per heavy atom. The predicted molar refractivity (Wildman–Crippen MR) is 117 cm³/mol. The summed E-state index contributed by atoms with van der Waals surface area (Å²) in [6, 6.07) is 15.3. The van der Waals surface area contributed by atoms with Crippen molar-refractivity contribution in [1.29, 1.82) is 0 Å². The molecule has 1 aliphatic rings. The molecule has 7 nitrogen and oxygen atoms in total. The molecule has 31 heavy (non-hydrogen) atoms. The lowest BCUT2D eigenvalue weighted by atomic mass is 10.1. The molecule has 4 rings (SSSR count). The van der Waals surface area contributed by atoms with E-state index in [9.17, 15) is 14.7 Å². The van der Waals surface area contributed by atoms with E-state index in [1.165, 1.54) is 4.68 Å². The molecular weight excluding hydrogens is 394 g/mol. The summed E-state index contributed by atoms with van der Waals surface area (Å²) in [5.74, 6) is -0.736. The topological polar surface area (TPSA) is 84.7 Å². The van der Waals surface area contributed by atoms with Gasteiger partial charge in [0.25, 0.3) is 0 Å². The Morgan fingerprint density at radius 2 is 1.81 bits per heavy atom. The fraction of sp³-hybridized carbons (Fsp3) is 0.292. The molecule has 1 fully saturated rings. The third kappa shape index (κ3) is 4.30. The quantitative estimate of drug-likeness (QED) is 0.648. The number of ether oxygens (including phenoxy) is 1. The van der Waals surface area contributed by atoms with Gasteiger partial charge in [-0.2, -0.15) is 5.10 Å². The number of carboxylic acid groups (broad SMARTS) is 1. The van der Waals surface area contributed by atoms with Gasteiger partial charge in [0.05, 0.1) is 0 Å². The van der Waals surface area contributed by atoms with Crippen molar-refractivity contribution in [3.8, 4) is 17.0 Å². The van der Waals surface area contributed by atoms with Gasteiger partial charge in [0, 0.05) is 31.3 Å². The minimum Gasteiger partial charge on any atom is -0.484 e. The standard InChI is InChI=1S/C24H25N3O4/c1-16-6-8-17(9-7-16)15-31-23-21(25-26(2)22(23)24(29)30)18-10-12-19(13-11-18)27-14-4-3-5-20(27)28/h6-13H,3-5,14-15H2,1-2H3,(H,29,30). The highest BCUT2D eigenvalue weighted by Gasteiger charge is 2.25. The summed E-state index contributed by atoms with van der Waals surface area (Å²) in [5, 5.41) is 14.1. The van der Waals surface area contributed by atoms with E-state index >= 15 is 0 Å². The van der Waals surface area contributed by atoms with Gasteiger partial charge in [-0.15, -0.1) is 0 Å². The Balaban J connectivity index is 1.64. The Labute approximate surface area is 180 Å².